The molecule has 86 valence electrons. The molecular weight excluding hydrogens is 176 g/mol. The van der Waals surface area contributed by atoms with E-state index >= 15 is 0 Å². The van der Waals surface area contributed by atoms with Crippen LogP contribution in [0.4, 0.5) is 0 Å². The molecule has 2 atom stereocenters. The highest BCUT2D eigenvalue weighted by Gasteiger charge is 2.12. The van der Waals surface area contributed by atoms with E-state index in [4.69, 9.17) is 5.11 Å². The van der Waals surface area contributed by atoms with Crippen LogP contribution in [0.1, 0.15) is 58.8 Å². The summed E-state index contributed by atoms with van der Waals surface area (Å²) in [5.74, 6) is 0.0844. The lowest BCUT2D eigenvalue weighted by Gasteiger charge is -2.16. The Hall–Kier alpha value is -0.0800. The molecule has 0 saturated carbocycles. The SMILES string of the molecule is CCCCCCCC[C@H](CO)[C@H](C)O. The summed E-state index contributed by atoms with van der Waals surface area (Å²) in [5, 5.41) is 18.3. The van der Waals surface area contributed by atoms with Gasteiger partial charge < -0.3 is 10.2 Å². The first-order chi connectivity index (χ1) is 6.72. The predicted molar refractivity (Wildman–Crippen MR) is 60.2 cm³/mol. The molecule has 14 heavy (non-hydrogen) atoms. The Balaban J connectivity index is 3.25. The molecule has 0 spiro atoms. The summed E-state index contributed by atoms with van der Waals surface area (Å²) in [5.41, 5.74) is 0. The van der Waals surface area contributed by atoms with Crippen LogP contribution in [0.3, 0.4) is 0 Å². The van der Waals surface area contributed by atoms with E-state index in [9.17, 15) is 5.11 Å². The Morgan fingerprint density at radius 3 is 2.07 bits per heavy atom. The molecule has 0 aliphatic carbocycles. The van der Waals surface area contributed by atoms with Gasteiger partial charge in [-0.15, -0.1) is 0 Å². The van der Waals surface area contributed by atoms with Gasteiger partial charge in [-0.1, -0.05) is 45.4 Å². The largest absolute Gasteiger partial charge is 0.396 e. The maximum atomic E-state index is 9.29. The minimum absolute atomic E-state index is 0.0844. The molecule has 0 heterocycles. The van der Waals surface area contributed by atoms with Gasteiger partial charge in [0.25, 0.3) is 0 Å². The smallest absolute Gasteiger partial charge is 0.0562 e. The first-order valence-electron chi connectivity index (χ1n) is 6.01. The maximum Gasteiger partial charge on any atom is 0.0562 e. The van der Waals surface area contributed by atoms with Crippen molar-refractivity contribution in [1.29, 1.82) is 0 Å². The summed E-state index contributed by atoms with van der Waals surface area (Å²) in [7, 11) is 0. The zero-order valence-electron chi connectivity index (χ0n) is 9.71. The number of unbranched alkanes of at least 4 members (excludes halogenated alkanes) is 5. The predicted octanol–water partition coefficient (Wildman–Crippen LogP) is 2.73. The van der Waals surface area contributed by atoms with Gasteiger partial charge in [0.2, 0.25) is 0 Å². The zero-order chi connectivity index (χ0) is 10.8. The van der Waals surface area contributed by atoms with Crippen molar-refractivity contribution in [1.82, 2.24) is 0 Å². The number of hydrogen-bond acceptors (Lipinski definition) is 2. The van der Waals surface area contributed by atoms with Crippen LogP contribution < -0.4 is 0 Å². The molecule has 0 fully saturated rings. The molecule has 0 bridgehead atoms. The average Bonchev–Trinajstić information content (AvgIpc) is 2.16. The highest BCUT2D eigenvalue weighted by molar-refractivity contribution is 4.63. The molecule has 2 heteroatoms. The highest BCUT2D eigenvalue weighted by Crippen LogP contribution is 2.14. The average molecular weight is 202 g/mol. The quantitative estimate of drug-likeness (QED) is 0.564. The van der Waals surface area contributed by atoms with Gasteiger partial charge in [-0.3, -0.25) is 0 Å². The van der Waals surface area contributed by atoms with Gasteiger partial charge in [-0.2, -0.15) is 0 Å². The van der Waals surface area contributed by atoms with E-state index in [-0.39, 0.29) is 18.6 Å². The van der Waals surface area contributed by atoms with Gasteiger partial charge in [0.1, 0.15) is 0 Å². The third kappa shape index (κ3) is 7.34. The van der Waals surface area contributed by atoms with E-state index in [1.54, 1.807) is 6.92 Å². The van der Waals surface area contributed by atoms with Gasteiger partial charge in [-0.05, 0) is 13.3 Å². The minimum atomic E-state index is -0.365. The van der Waals surface area contributed by atoms with Crippen molar-refractivity contribution in [3.05, 3.63) is 0 Å². The molecule has 0 aromatic carbocycles. The number of rotatable bonds is 9. The highest BCUT2D eigenvalue weighted by atomic mass is 16.3. The molecule has 2 nitrogen and oxygen atoms in total. The zero-order valence-corrected chi connectivity index (χ0v) is 9.71. The van der Waals surface area contributed by atoms with E-state index in [1.807, 2.05) is 0 Å². The summed E-state index contributed by atoms with van der Waals surface area (Å²) < 4.78 is 0. The molecule has 0 radical (unpaired) electrons. The summed E-state index contributed by atoms with van der Waals surface area (Å²) in [4.78, 5) is 0. The standard InChI is InChI=1S/C12H26O2/c1-3-4-5-6-7-8-9-12(10-13)11(2)14/h11-14H,3-10H2,1-2H3/t11-,12+/m0/s1. The van der Waals surface area contributed by atoms with Crippen LogP contribution in [0.5, 0.6) is 0 Å². The van der Waals surface area contributed by atoms with Crippen molar-refractivity contribution in [3.63, 3.8) is 0 Å². The van der Waals surface area contributed by atoms with Gasteiger partial charge in [0, 0.05) is 12.5 Å². The van der Waals surface area contributed by atoms with Crippen molar-refractivity contribution < 1.29 is 10.2 Å². The van der Waals surface area contributed by atoms with Crippen LogP contribution in [0.15, 0.2) is 0 Å². The van der Waals surface area contributed by atoms with Gasteiger partial charge in [0.15, 0.2) is 0 Å². The topological polar surface area (TPSA) is 40.5 Å². The molecule has 0 aliphatic heterocycles. The second-order valence-electron chi connectivity index (χ2n) is 4.24. The summed E-state index contributed by atoms with van der Waals surface area (Å²) in [6.45, 7) is 4.10. The van der Waals surface area contributed by atoms with E-state index < -0.39 is 0 Å². The van der Waals surface area contributed by atoms with E-state index in [1.165, 1.54) is 32.1 Å². The first-order valence-corrected chi connectivity index (χ1v) is 6.01. The maximum absolute atomic E-state index is 9.29. The molecule has 0 saturated heterocycles. The van der Waals surface area contributed by atoms with E-state index in [0.717, 1.165) is 12.8 Å². The van der Waals surface area contributed by atoms with Crippen molar-refractivity contribution in [3.8, 4) is 0 Å². The Morgan fingerprint density at radius 1 is 1.00 bits per heavy atom. The lowest BCUT2D eigenvalue weighted by molar-refractivity contribution is 0.0741. The number of aliphatic hydroxyl groups is 2. The lowest BCUT2D eigenvalue weighted by atomic mass is 9.97. The monoisotopic (exact) mass is 202 g/mol. The summed E-state index contributed by atoms with van der Waals surface area (Å²) >= 11 is 0. The Labute approximate surface area is 88.3 Å². The molecule has 0 aliphatic rings. The van der Waals surface area contributed by atoms with Gasteiger partial charge in [0.05, 0.1) is 6.10 Å². The fraction of sp³-hybridized carbons (Fsp3) is 1.00. The summed E-state index contributed by atoms with van der Waals surface area (Å²) in [6, 6.07) is 0. The Bertz CT molecular complexity index is 113. The fourth-order valence-electron chi connectivity index (χ4n) is 1.67. The molecular formula is C12H26O2. The van der Waals surface area contributed by atoms with Crippen molar-refractivity contribution >= 4 is 0 Å². The van der Waals surface area contributed by atoms with Gasteiger partial charge in [-0.25, -0.2) is 0 Å². The van der Waals surface area contributed by atoms with Gasteiger partial charge >= 0.3 is 0 Å². The third-order valence-corrected chi connectivity index (χ3v) is 2.85. The van der Waals surface area contributed by atoms with Crippen molar-refractivity contribution in [2.75, 3.05) is 6.61 Å². The minimum Gasteiger partial charge on any atom is -0.396 e. The Kier molecular flexibility index (Phi) is 9.42. The van der Waals surface area contributed by atoms with Crippen LogP contribution >= 0.6 is 0 Å². The van der Waals surface area contributed by atoms with Crippen molar-refractivity contribution in [2.45, 2.75) is 64.9 Å². The number of aliphatic hydroxyl groups excluding tert-OH is 2. The molecule has 0 rings (SSSR count). The Morgan fingerprint density at radius 2 is 1.57 bits per heavy atom. The lowest BCUT2D eigenvalue weighted by Crippen LogP contribution is -2.20. The van der Waals surface area contributed by atoms with Crippen LogP contribution in [0.25, 0.3) is 0 Å². The molecule has 0 unspecified atom stereocenters. The number of hydrogen-bond donors (Lipinski definition) is 2. The molecule has 2 N–H and O–H groups in total. The second-order valence-corrected chi connectivity index (χ2v) is 4.24. The van der Waals surface area contributed by atoms with Crippen molar-refractivity contribution in [2.24, 2.45) is 5.92 Å². The first kappa shape index (κ1) is 13.9. The van der Waals surface area contributed by atoms with E-state index in [0.29, 0.717) is 0 Å². The third-order valence-electron chi connectivity index (χ3n) is 2.85. The van der Waals surface area contributed by atoms with Crippen LogP contribution in [0.2, 0.25) is 0 Å². The molecule has 0 amide bonds. The second kappa shape index (κ2) is 9.47. The molecule has 0 aromatic heterocycles. The van der Waals surface area contributed by atoms with Crippen LogP contribution in [-0.2, 0) is 0 Å². The summed E-state index contributed by atoms with van der Waals surface area (Å²) in [6.07, 6.45) is 8.22. The van der Waals surface area contributed by atoms with Crippen LogP contribution in [-0.4, -0.2) is 22.9 Å². The normalized spacial score (nSPS) is 15.4. The van der Waals surface area contributed by atoms with E-state index in [2.05, 4.69) is 6.92 Å². The fourth-order valence-corrected chi connectivity index (χ4v) is 1.67. The van der Waals surface area contributed by atoms with Crippen LogP contribution in [0, 0.1) is 5.92 Å². The molecule has 0 aromatic rings.